The van der Waals surface area contributed by atoms with Crippen molar-refractivity contribution >= 4 is 10.8 Å². The van der Waals surface area contributed by atoms with E-state index < -0.39 is 0 Å². The molecule has 0 saturated carbocycles. The zero-order valence-electron chi connectivity index (χ0n) is 12.5. The summed E-state index contributed by atoms with van der Waals surface area (Å²) in [6.45, 7) is 6.71. The van der Waals surface area contributed by atoms with Gasteiger partial charge in [-0.2, -0.15) is 0 Å². The summed E-state index contributed by atoms with van der Waals surface area (Å²) in [7, 11) is 0. The predicted molar refractivity (Wildman–Crippen MR) is 84.7 cm³/mol. The van der Waals surface area contributed by atoms with Crippen molar-refractivity contribution < 1.29 is 20.1 Å². The second-order valence-electron chi connectivity index (χ2n) is 6.12. The van der Waals surface area contributed by atoms with Gasteiger partial charge in [0.15, 0.2) is 0 Å². The molecule has 3 rings (SSSR count). The van der Waals surface area contributed by atoms with Crippen LogP contribution >= 0.6 is 0 Å². The number of hydrogen-bond donors (Lipinski definition) is 0. The molecule has 0 bridgehead atoms. The Hall–Kier alpha value is -1.50. The van der Waals surface area contributed by atoms with E-state index in [9.17, 15) is 0 Å². The van der Waals surface area contributed by atoms with Crippen molar-refractivity contribution in [2.75, 3.05) is 0 Å². The van der Waals surface area contributed by atoms with Crippen molar-refractivity contribution in [3.8, 4) is 11.3 Å². The van der Waals surface area contributed by atoms with E-state index >= 15 is 0 Å². The molecule has 0 N–H and O–H groups in total. The number of fused-ring (bicyclic) bond motifs is 1. The van der Waals surface area contributed by atoms with E-state index in [1.54, 1.807) is 0 Å². The van der Waals surface area contributed by atoms with Gasteiger partial charge in [0, 0.05) is 26.3 Å². The molecule has 3 aromatic rings. The molecule has 2 aromatic carbocycles. The fourth-order valence-electron chi connectivity index (χ4n) is 2.40. The minimum Gasteiger partial charge on any atom is -0.304 e. The Morgan fingerprint density at radius 3 is 2.48 bits per heavy atom. The third-order valence-electron chi connectivity index (χ3n) is 3.59. The minimum atomic E-state index is 0. The summed E-state index contributed by atoms with van der Waals surface area (Å²) in [6.07, 6.45) is 1.88. The zero-order valence-corrected chi connectivity index (χ0v) is 14.9. The first kappa shape index (κ1) is 15.9. The summed E-state index contributed by atoms with van der Waals surface area (Å²) < 4.78 is 0. The van der Waals surface area contributed by atoms with Crippen molar-refractivity contribution in [1.82, 2.24) is 4.98 Å². The average molecular weight is 453 g/mol. The number of nitrogens with zero attached hydrogens (tertiary/aromatic N) is 1. The molecule has 2 heteroatoms. The number of rotatable bonds is 1. The number of benzene rings is 2. The van der Waals surface area contributed by atoms with Crippen LogP contribution in [0.2, 0.25) is 0 Å². The molecular weight excluding hydrogens is 434 g/mol. The van der Waals surface area contributed by atoms with Crippen molar-refractivity contribution in [3.63, 3.8) is 0 Å². The van der Waals surface area contributed by atoms with Gasteiger partial charge < -0.3 is 4.98 Å². The van der Waals surface area contributed by atoms with Gasteiger partial charge >= 0.3 is 0 Å². The van der Waals surface area contributed by atoms with Gasteiger partial charge in [-0.25, -0.2) is 0 Å². The van der Waals surface area contributed by atoms with Crippen LogP contribution in [0.4, 0.5) is 0 Å². The molecular formula is C19H18IrN-. The molecule has 109 valence electrons. The normalized spacial score (nSPS) is 11.2. The molecule has 0 fully saturated rings. The molecule has 0 amide bonds. The topological polar surface area (TPSA) is 12.9 Å². The zero-order chi connectivity index (χ0) is 14.2. The van der Waals surface area contributed by atoms with Crippen LogP contribution in [-0.2, 0) is 25.5 Å². The van der Waals surface area contributed by atoms with E-state index in [1.807, 2.05) is 24.4 Å². The summed E-state index contributed by atoms with van der Waals surface area (Å²) in [6, 6.07) is 20.0. The number of aromatic nitrogens is 1. The maximum Gasteiger partial charge on any atom is 0.0167 e. The van der Waals surface area contributed by atoms with Crippen molar-refractivity contribution in [3.05, 3.63) is 66.4 Å². The van der Waals surface area contributed by atoms with E-state index in [0.717, 1.165) is 11.3 Å². The molecule has 0 aliphatic carbocycles. The Kier molecular flexibility index (Phi) is 4.61. The first-order valence-corrected chi connectivity index (χ1v) is 6.92. The van der Waals surface area contributed by atoms with Crippen LogP contribution < -0.4 is 0 Å². The Bertz CT molecular complexity index is 742. The summed E-state index contributed by atoms with van der Waals surface area (Å²) in [5.74, 6) is 0. The van der Waals surface area contributed by atoms with E-state index in [4.69, 9.17) is 0 Å². The van der Waals surface area contributed by atoms with E-state index in [2.05, 4.69) is 62.2 Å². The second-order valence-corrected chi connectivity index (χ2v) is 6.12. The third kappa shape index (κ3) is 3.23. The number of pyridine rings is 1. The maximum absolute atomic E-state index is 4.54. The van der Waals surface area contributed by atoms with Crippen molar-refractivity contribution in [2.24, 2.45) is 0 Å². The van der Waals surface area contributed by atoms with Crippen LogP contribution in [0.5, 0.6) is 0 Å². The first-order chi connectivity index (χ1) is 9.55. The molecule has 0 atom stereocenters. The van der Waals surface area contributed by atoms with Crippen LogP contribution in [0.1, 0.15) is 26.3 Å². The van der Waals surface area contributed by atoms with Crippen LogP contribution in [0.15, 0.2) is 54.7 Å². The van der Waals surface area contributed by atoms with Gasteiger partial charge in [-0.1, -0.05) is 39.0 Å². The summed E-state index contributed by atoms with van der Waals surface area (Å²) >= 11 is 0. The summed E-state index contributed by atoms with van der Waals surface area (Å²) in [5.41, 5.74) is 3.56. The molecule has 1 aromatic heterocycles. The Labute approximate surface area is 139 Å². The van der Waals surface area contributed by atoms with Gasteiger partial charge in [-0.05, 0) is 33.5 Å². The minimum absolute atomic E-state index is 0. The van der Waals surface area contributed by atoms with E-state index in [-0.39, 0.29) is 25.5 Å². The van der Waals surface area contributed by atoms with E-state index in [1.165, 1.54) is 16.3 Å². The number of hydrogen-bond acceptors (Lipinski definition) is 1. The standard InChI is InChI=1S/C19H18N.Ir/c1-19(2,3)16-9-10-17-15(13-16)11-12-20-18(17)14-7-5-4-6-8-14;/h4-7,9-13H,1-3H3;/q-1;. The Balaban J connectivity index is 0.00000161. The fourth-order valence-corrected chi connectivity index (χ4v) is 2.40. The van der Waals surface area contributed by atoms with Crippen molar-refractivity contribution in [2.45, 2.75) is 26.2 Å². The second kappa shape index (κ2) is 6.09. The monoisotopic (exact) mass is 453 g/mol. The van der Waals surface area contributed by atoms with Crippen LogP contribution in [-0.4, -0.2) is 4.98 Å². The molecule has 21 heavy (non-hydrogen) atoms. The molecule has 1 heterocycles. The molecule has 0 unspecified atom stereocenters. The maximum atomic E-state index is 4.54. The largest absolute Gasteiger partial charge is 0.304 e. The van der Waals surface area contributed by atoms with Crippen LogP contribution in [0.25, 0.3) is 22.0 Å². The van der Waals surface area contributed by atoms with Crippen LogP contribution in [0.3, 0.4) is 0 Å². The van der Waals surface area contributed by atoms with Gasteiger partial charge in [0.2, 0.25) is 0 Å². The van der Waals surface area contributed by atoms with Gasteiger partial charge in [-0.3, -0.25) is 0 Å². The third-order valence-corrected chi connectivity index (χ3v) is 3.59. The quantitative estimate of drug-likeness (QED) is 0.474. The van der Waals surface area contributed by atoms with Gasteiger partial charge in [0.05, 0.1) is 0 Å². The van der Waals surface area contributed by atoms with E-state index in [0.29, 0.717) is 0 Å². The van der Waals surface area contributed by atoms with Gasteiger partial charge in [0.25, 0.3) is 0 Å². The molecule has 0 saturated heterocycles. The molecule has 0 aliphatic rings. The van der Waals surface area contributed by atoms with Gasteiger partial charge in [0.1, 0.15) is 0 Å². The molecule has 1 radical (unpaired) electrons. The molecule has 1 nitrogen and oxygen atoms in total. The summed E-state index contributed by atoms with van der Waals surface area (Å²) in [4.78, 5) is 4.54. The van der Waals surface area contributed by atoms with Crippen LogP contribution in [0, 0.1) is 6.07 Å². The predicted octanol–water partition coefficient (Wildman–Crippen LogP) is 5.00. The van der Waals surface area contributed by atoms with Crippen molar-refractivity contribution in [1.29, 1.82) is 0 Å². The van der Waals surface area contributed by atoms with Gasteiger partial charge in [-0.15, -0.1) is 35.9 Å². The summed E-state index contributed by atoms with van der Waals surface area (Å²) in [5, 5.41) is 2.42. The average Bonchev–Trinajstić information content (AvgIpc) is 2.46. The molecule has 0 spiro atoms. The molecule has 0 aliphatic heterocycles. The Morgan fingerprint density at radius 2 is 1.81 bits per heavy atom. The first-order valence-electron chi connectivity index (χ1n) is 6.92. The Morgan fingerprint density at radius 1 is 1.00 bits per heavy atom. The smallest absolute Gasteiger partial charge is 0.0167 e. The SMILES string of the molecule is CC(C)(C)c1ccc2c(-c3[c-]cccc3)nccc2c1.[Ir]. The fraction of sp³-hybridized carbons (Fsp3) is 0.211.